The zero-order valence-electron chi connectivity index (χ0n) is 8.84. The molecule has 1 aromatic heterocycles. The number of rotatable bonds is 3. The number of fused-ring (bicyclic) bond motifs is 1. The molecule has 0 radical (unpaired) electrons. The Balaban J connectivity index is 2.56. The van der Waals surface area contributed by atoms with Gasteiger partial charge in [-0.1, -0.05) is 23.9 Å². The summed E-state index contributed by atoms with van der Waals surface area (Å²) in [5.74, 6) is 0. The summed E-state index contributed by atoms with van der Waals surface area (Å²) < 4.78 is 2.06. The molecule has 0 aliphatic heterocycles. The van der Waals surface area contributed by atoms with Crippen LogP contribution in [0.25, 0.3) is 11.0 Å². The zero-order chi connectivity index (χ0) is 10.8. The number of benzene rings is 1. The van der Waals surface area contributed by atoms with E-state index in [2.05, 4.69) is 9.55 Å². The van der Waals surface area contributed by atoms with Crippen LogP contribution in [0.2, 0.25) is 0 Å². The van der Waals surface area contributed by atoms with Gasteiger partial charge in [-0.05, 0) is 25.3 Å². The van der Waals surface area contributed by atoms with Crippen LogP contribution in [0.4, 0.5) is 0 Å². The molecule has 0 unspecified atom stereocenters. The molecule has 1 atom stereocenters. The highest BCUT2D eigenvalue weighted by atomic mass is 32.2. The number of aliphatic hydroxyl groups is 1. The lowest BCUT2D eigenvalue weighted by molar-refractivity contribution is 0.172. The van der Waals surface area contributed by atoms with Crippen LogP contribution in [-0.4, -0.2) is 27.0 Å². The Morgan fingerprint density at radius 1 is 1.47 bits per heavy atom. The molecule has 0 fully saturated rings. The van der Waals surface area contributed by atoms with Crippen LogP contribution in [0.15, 0.2) is 29.4 Å². The van der Waals surface area contributed by atoms with E-state index >= 15 is 0 Å². The molecule has 2 rings (SSSR count). The van der Waals surface area contributed by atoms with Crippen LogP contribution in [-0.2, 0) is 6.54 Å². The van der Waals surface area contributed by atoms with Crippen molar-refractivity contribution in [1.29, 1.82) is 0 Å². The number of aromatic nitrogens is 2. The maximum absolute atomic E-state index is 9.45. The Bertz CT molecular complexity index is 465. The fourth-order valence-corrected chi connectivity index (χ4v) is 2.23. The van der Waals surface area contributed by atoms with E-state index in [1.165, 1.54) is 0 Å². The molecule has 0 aliphatic carbocycles. The molecule has 0 amide bonds. The van der Waals surface area contributed by atoms with Gasteiger partial charge in [0.25, 0.3) is 0 Å². The van der Waals surface area contributed by atoms with Gasteiger partial charge in [0.1, 0.15) is 0 Å². The molecule has 15 heavy (non-hydrogen) atoms. The molecule has 1 N–H and O–H groups in total. The molecule has 80 valence electrons. The van der Waals surface area contributed by atoms with Gasteiger partial charge in [0.2, 0.25) is 0 Å². The molecule has 1 aromatic carbocycles. The number of hydrogen-bond donors (Lipinski definition) is 1. The normalized spacial score (nSPS) is 13.3. The van der Waals surface area contributed by atoms with E-state index in [4.69, 9.17) is 0 Å². The van der Waals surface area contributed by atoms with Crippen LogP contribution in [0.1, 0.15) is 6.92 Å². The van der Waals surface area contributed by atoms with Crippen LogP contribution >= 0.6 is 11.8 Å². The first-order valence-corrected chi connectivity index (χ1v) is 6.12. The highest BCUT2D eigenvalue weighted by Gasteiger charge is 2.10. The minimum absolute atomic E-state index is 0.353. The quantitative estimate of drug-likeness (QED) is 0.809. The zero-order valence-corrected chi connectivity index (χ0v) is 9.66. The lowest BCUT2D eigenvalue weighted by atomic mass is 10.3. The Labute approximate surface area is 93.1 Å². The van der Waals surface area contributed by atoms with Gasteiger partial charge in [0.05, 0.1) is 23.7 Å². The second-order valence-corrected chi connectivity index (χ2v) is 4.32. The summed E-state index contributed by atoms with van der Waals surface area (Å²) in [5, 5.41) is 10.4. The van der Waals surface area contributed by atoms with Gasteiger partial charge in [-0.25, -0.2) is 4.98 Å². The van der Waals surface area contributed by atoms with Crippen molar-refractivity contribution >= 4 is 22.8 Å². The topological polar surface area (TPSA) is 38.0 Å². The van der Waals surface area contributed by atoms with E-state index < -0.39 is 0 Å². The third-order valence-electron chi connectivity index (χ3n) is 2.25. The van der Waals surface area contributed by atoms with E-state index in [0.29, 0.717) is 6.54 Å². The average molecular weight is 222 g/mol. The third-order valence-corrected chi connectivity index (χ3v) is 2.93. The van der Waals surface area contributed by atoms with Gasteiger partial charge in [-0.2, -0.15) is 0 Å². The number of nitrogens with zero attached hydrogens (tertiary/aromatic N) is 2. The Morgan fingerprint density at radius 2 is 2.20 bits per heavy atom. The van der Waals surface area contributed by atoms with Crippen LogP contribution in [0, 0.1) is 0 Å². The standard InChI is InChI=1S/C11H14N2OS/c1-8(14)7-13-10-6-4-3-5-9(10)12-11(13)15-2/h3-6,8,14H,7H2,1-2H3/t8-/m0/s1. The predicted molar refractivity (Wildman–Crippen MR) is 63.2 cm³/mol. The van der Waals surface area contributed by atoms with Gasteiger partial charge in [0.15, 0.2) is 5.16 Å². The Morgan fingerprint density at radius 3 is 2.87 bits per heavy atom. The molecule has 4 heteroatoms. The number of aliphatic hydroxyl groups excluding tert-OH is 1. The summed E-state index contributed by atoms with van der Waals surface area (Å²) in [6.45, 7) is 2.38. The summed E-state index contributed by atoms with van der Waals surface area (Å²) >= 11 is 1.60. The molecular weight excluding hydrogens is 208 g/mol. The highest BCUT2D eigenvalue weighted by Crippen LogP contribution is 2.22. The van der Waals surface area contributed by atoms with Crippen molar-refractivity contribution in [3.05, 3.63) is 24.3 Å². The first-order chi connectivity index (χ1) is 7.22. The van der Waals surface area contributed by atoms with Crippen LogP contribution < -0.4 is 0 Å². The summed E-state index contributed by atoms with van der Waals surface area (Å²) in [7, 11) is 0. The fourth-order valence-electron chi connectivity index (χ4n) is 1.65. The molecule has 2 aromatic rings. The Hall–Kier alpha value is -1.00. The van der Waals surface area contributed by atoms with Crippen molar-refractivity contribution in [3.63, 3.8) is 0 Å². The Kier molecular flexibility index (Phi) is 2.98. The number of imidazole rings is 1. The molecule has 0 aliphatic rings. The van der Waals surface area contributed by atoms with Gasteiger partial charge < -0.3 is 9.67 Å². The predicted octanol–water partition coefficient (Wildman–Crippen LogP) is 2.14. The second kappa shape index (κ2) is 4.24. The van der Waals surface area contributed by atoms with Crippen LogP contribution in [0.5, 0.6) is 0 Å². The van der Waals surface area contributed by atoms with Gasteiger partial charge in [-0.3, -0.25) is 0 Å². The monoisotopic (exact) mass is 222 g/mol. The summed E-state index contributed by atoms with van der Waals surface area (Å²) in [6.07, 6.45) is 1.65. The third kappa shape index (κ3) is 2.01. The first-order valence-electron chi connectivity index (χ1n) is 4.89. The smallest absolute Gasteiger partial charge is 0.168 e. The van der Waals surface area contributed by atoms with E-state index in [-0.39, 0.29) is 6.10 Å². The van der Waals surface area contributed by atoms with Gasteiger partial charge in [-0.15, -0.1) is 0 Å². The number of hydrogen-bond acceptors (Lipinski definition) is 3. The average Bonchev–Trinajstić information content (AvgIpc) is 2.56. The molecule has 0 bridgehead atoms. The van der Waals surface area contributed by atoms with Crippen molar-refractivity contribution in [2.45, 2.75) is 24.7 Å². The fraction of sp³-hybridized carbons (Fsp3) is 0.364. The van der Waals surface area contributed by atoms with Crippen molar-refractivity contribution in [2.75, 3.05) is 6.26 Å². The minimum Gasteiger partial charge on any atom is -0.392 e. The maximum atomic E-state index is 9.45. The van der Waals surface area contributed by atoms with E-state index in [1.54, 1.807) is 18.7 Å². The number of thioether (sulfide) groups is 1. The largest absolute Gasteiger partial charge is 0.392 e. The van der Waals surface area contributed by atoms with E-state index in [1.807, 2.05) is 30.5 Å². The summed E-state index contributed by atoms with van der Waals surface area (Å²) in [5.41, 5.74) is 2.07. The number of para-hydroxylation sites is 2. The lowest BCUT2D eigenvalue weighted by Crippen LogP contribution is -2.12. The van der Waals surface area contributed by atoms with Crippen molar-refractivity contribution < 1.29 is 5.11 Å². The molecular formula is C11H14N2OS. The van der Waals surface area contributed by atoms with Crippen LogP contribution in [0.3, 0.4) is 0 Å². The van der Waals surface area contributed by atoms with Gasteiger partial charge in [0, 0.05) is 0 Å². The molecule has 0 saturated heterocycles. The van der Waals surface area contributed by atoms with Crippen molar-refractivity contribution in [3.8, 4) is 0 Å². The first kappa shape index (κ1) is 10.5. The molecule has 0 saturated carbocycles. The van der Waals surface area contributed by atoms with E-state index in [0.717, 1.165) is 16.2 Å². The van der Waals surface area contributed by atoms with E-state index in [9.17, 15) is 5.11 Å². The SMILES string of the molecule is CSc1nc2ccccc2n1C[C@H](C)O. The second-order valence-electron chi connectivity index (χ2n) is 3.55. The van der Waals surface area contributed by atoms with Crippen molar-refractivity contribution in [2.24, 2.45) is 0 Å². The maximum Gasteiger partial charge on any atom is 0.168 e. The minimum atomic E-state index is -0.353. The summed E-state index contributed by atoms with van der Waals surface area (Å²) in [4.78, 5) is 4.50. The molecule has 0 spiro atoms. The lowest BCUT2D eigenvalue weighted by Gasteiger charge is -2.09. The highest BCUT2D eigenvalue weighted by molar-refractivity contribution is 7.98. The van der Waals surface area contributed by atoms with Crippen molar-refractivity contribution in [1.82, 2.24) is 9.55 Å². The molecule has 3 nitrogen and oxygen atoms in total. The molecule has 1 heterocycles. The summed E-state index contributed by atoms with van der Waals surface area (Å²) in [6, 6.07) is 8.00. The van der Waals surface area contributed by atoms with Gasteiger partial charge >= 0.3 is 0 Å².